The Morgan fingerprint density at radius 3 is 2.46 bits per heavy atom. The molecule has 1 unspecified atom stereocenters. The van der Waals surface area contributed by atoms with E-state index in [1.807, 2.05) is 0 Å². The van der Waals surface area contributed by atoms with Gasteiger partial charge in [-0.25, -0.2) is 13.4 Å². The average molecular weight is 549 g/mol. The van der Waals surface area contributed by atoms with Crippen molar-refractivity contribution < 1.29 is 31.5 Å². The summed E-state index contributed by atoms with van der Waals surface area (Å²) in [5, 5.41) is 13.2. The molecule has 0 aliphatic carbocycles. The van der Waals surface area contributed by atoms with Crippen molar-refractivity contribution in [1.82, 2.24) is 4.98 Å². The molecule has 11 heteroatoms. The maximum Gasteiger partial charge on any atom is 0.416 e. The molecule has 6 nitrogen and oxygen atoms in total. The van der Waals surface area contributed by atoms with Crippen LogP contribution in [-0.2, 0) is 27.2 Å². The van der Waals surface area contributed by atoms with Crippen molar-refractivity contribution in [1.29, 1.82) is 0 Å². The monoisotopic (exact) mass is 548 g/mol. The Kier molecular flexibility index (Phi) is 7.67. The highest BCUT2D eigenvalue weighted by Gasteiger charge is 2.30. The number of sulfone groups is 1. The van der Waals surface area contributed by atoms with Crippen molar-refractivity contribution >= 4 is 43.0 Å². The second kappa shape index (κ2) is 10.6. The van der Waals surface area contributed by atoms with Crippen LogP contribution < -0.4 is 5.32 Å². The molecule has 0 fully saturated rings. The Hall–Kier alpha value is -3.28. The Bertz CT molecular complexity index is 1530. The van der Waals surface area contributed by atoms with E-state index in [0.717, 1.165) is 16.8 Å². The standard InChI is InChI=1S/C26H23F3N2O4S2/c1-2-37(34,35)20-9-6-17(7-10-20)21(15-32)25(33)30-19-8-11-22-23(14-19)36-24(31-22)13-16-4-3-5-18(12-16)26(27,28)29/h3-12,14,21,32H,2,13,15H2,1H3,(H,30,33). The summed E-state index contributed by atoms with van der Waals surface area (Å²) >= 11 is 1.31. The number of halogens is 3. The molecule has 0 spiro atoms. The molecule has 0 bridgehead atoms. The highest BCUT2D eigenvalue weighted by Crippen LogP contribution is 2.31. The molecule has 0 radical (unpaired) electrons. The highest BCUT2D eigenvalue weighted by atomic mass is 32.2. The topological polar surface area (TPSA) is 96.4 Å². The first-order valence-corrected chi connectivity index (χ1v) is 13.8. The summed E-state index contributed by atoms with van der Waals surface area (Å²) in [7, 11) is -3.38. The van der Waals surface area contributed by atoms with E-state index in [1.54, 1.807) is 31.2 Å². The molecular weight excluding hydrogens is 525 g/mol. The van der Waals surface area contributed by atoms with Gasteiger partial charge >= 0.3 is 6.18 Å². The minimum atomic E-state index is -4.42. The van der Waals surface area contributed by atoms with Gasteiger partial charge in [0.25, 0.3) is 0 Å². The molecule has 4 aromatic rings. The second-order valence-electron chi connectivity index (χ2n) is 8.36. The van der Waals surface area contributed by atoms with E-state index in [4.69, 9.17) is 0 Å². The van der Waals surface area contributed by atoms with Crippen LogP contribution in [0.3, 0.4) is 0 Å². The normalized spacial score (nSPS) is 13.0. The van der Waals surface area contributed by atoms with Crippen LogP contribution in [0.5, 0.6) is 0 Å². The molecule has 2 N–H and O–H groups in total. The molecule has 0 aliphatic rings. The first-order valence-electron chi connectivity index (χ1n) is 11.3. The van der Waals surface area contributed by atoms with Gasteiger partial charge in [0.05, 0.1) is 44.0 Å². The summed E-state index contributed by atoms with van der Waals surface area (Å²) < 4.78 is 63.8. The Balaban J connectivity index is 1.49. The number of carbonyl (C=O) groups is 1. The van der Waals surface area contributed by atoms with Gasteiger partial charge in [0.1, 0.15) is 0 Å². The van der Waals surface area contributed by atoms with Gasteiger partial charge in [-0.2, -0.15) is 13.2 Å². The quantitative estimate of drug-likeness (QED) is 0.307. The third kappa shape index (κ3) is 6.17. The number of hydrogen-bond acceptors (Lipinski definition) is 6. The van der Waals surface area contributed by atoms with Gasteiger partial charge < -0.3 is 10.4 Å². The number of aliphatic hydroxyl groups is 1. The summed E-state index contributed by atoms with van der Waals surface area (Å²) in [6, 6.07) is 16.0. The number of alkyl halides is 3. The van der Waals surface area contributed by atoms with E-state index in [9.17, 15) is 31.5 Å². The number of anilines is 1. The van der Waals surface area contributed by atoms with Gasteiger partial charge in [-0.05, 0) is 47.5 Å². The molecule has 1 amide bonds. The number of rotatable bonds is 8. The van der Waals surface area contributed by atoms with Crippen LogP contribution >= 0.6 is 11.3 Å². The lowest BCUT2D eigenvalue weighted by Crippen LogP contribution is -2.24. The molecule has 0 saturated heterocycles. The summed E-state index contributed by atoms with van der Waals surface area (Å²) in [4.78, 5) is 17.5. The third-order valence-electron chi connectivity index (χ3n) is 5.83. The van der Waals surface area contributed by atoms with Gasteiger partial charge in [-0.15, -0.1) is 11.3 Å². The number of amides is 1. The maximum absolute atomic E-state index is 13.0. The van der Waals surface area contributed by atoms with Crippen molar-refractivity contribution in [2.24, 2.45) is 0 Å². The predicted molar refractivity (Wildman–Crippen MR) is 136 cm³/mol. The van der Waals surface area contributed by atoms with Crippen molar-refractivity contribution in [3.05, 3.63) is 88.4 Å². The fourth-order valence-electron chi connectivity index (χ4n) is 3.80. The lowest BCUT2D eigenvalue weighted by molar-refractivity contribution is -0.137. The first kappa shape index (κ1) is 26.8. The SMILES string of the molecule is CCS(=O)(=O)c1ccc(C(CO)C(=O)Nc2ccc3nc(Cc4cccc(C(F)(F)F)c4)sc3c2)cc1. The predicted octanol–water partition coefficient (Wildman–Crippen LogP) is 5.41. The van der Waals surface area contributed by atoms with Crippen molar-refractivity contribution in [3.63, 3.8) is 0 Å². The number of nitrogens with one attached hydrogen (secondary N) is 1. The number of hydrogen-bond donors (Lipinski definition) is 2. The van der Waals surface area contributed by atoms with Gasteiger partial charge in [0, 0.05) is 12.1 Å². The van der Waals surface area contributed by atoms with Crippen LogP contribution in [0.2, 0.25) is 0 Å². The zero-order valence-electron chi connectivity index (χ0n) is 19.6. The van der Waals surface area contributed by atoms with Gasteiger partial charge in [0.15, 0.2) is 9.84 Å². The van der Waals surface area contributed by atoms with Crippen molar-refractivity contribution in [2.45, 2.75) is 30.3 Å². The van der Waals surface area contributed by atoms with Crippen molar-refractivity contribution in [2.75, 3.05) is 17.7 Å². The third-order valence-corrected chi connectivity index (χ3v) is 8.60. The zero-order chi connectivity index (χ0) is 26.8. The van der Waals surface area contributed by atoms with E-state index in [0.29, 0.717) is 27.3 Å². The Morgan fingerprint density at radius 1 is 1.08 bits per heavy atom. The number of aromatic nitrogens is 1. The summed E-state index contributed by atoms with van der Waals surface area (Å²) in [6.07, 6.45) is -4.18. The summed E-state index contributed by atoms with van der Waals surface area (Å²) in [6.45, 7) is 1.07. The summed E-state index contributed by atoms with van der Waals surface area (Å²) in [5.41, 5.74) is 1.37. The minimum Gasteiger partial charge on any atom is -0.395 e. The largest absolute Gasteiger partial charge is 0.416 e. The minimum absolute atomic E-state index is 0.0437. The van der Waals surface area contributed by atoms with Crippen LogP contribution in [0.1, 0.15) is 34.5 Å². The van der Waals surface area contributed by atoms with E-state index in [-0.39, 0.29) is 17.1 Å². The number of aliphatic hydroxyl groups excluding tert-OH is 1. The molecule has 3 aromatic carbocycles. The molecule has 0 aliphatic heterocycles. The van der Waals surface area contributed by atoms with Crippen molar-refractivity contribution in [3.8, 4) is 0 Å². The Morgan fingerprint density at radius 2 is 1.81 bits per heavy atom. The van der Waals surface area contributed by atoms with Crippen LogP contribution in [0.4, 0.5) is 18.9 Å². The first-order chi connectivity index (χ1) is 17.5. The van der Waals surface area contributed by atoms with Crippen LogP contribution in [0, 0.1) is 0 Å². The molecule has 4 rings (SSSR count). The van der Waals surface area contributed by atoms with Gasteiger partial charge in [0.2, 0.25) is 5.91 Å². The summed E-state index contributed by atoms with van der Waals surface area (Å²) in [5.74, 6) is -1.42. The maximum atomic E-state index is 13.0. The van der Waals surface area contributed by atoms with E-state index < -0.39 is 40.0 Å². The molecule has 37 heavy (non-hydrogen) atoms. The molecular formula is C26H23F3N2O4S2. The zero-order valence-corrected chi connectivity index (χ0v) is 21.3. The fourth-order valence-corrected chi connectivity index (χ4v) is 5.73. The number of nitrogens with zero attached hydrogens (tertiary/aromatic N) is 1. The second-order valence-corrected chi connectivity index (χ2v) is 11.8. The highest BCUT2D eigenvalue weighted by molar-refractivity contribution is 7.91. The fraction of sp³-hybridized carbons (Fsp3) is 0.231. The Labute approximate surface area is 215 Å². The van der Waals surface area contributed by atoms with Crippen LogP contribution in [0.25, 0.3) is 10.2 Å². The van der Waals surface area contributed by atoms with E-state index in [1.165, 1.54) is 41.7 Å². The molecule has 1 aromatic heterocycles. The van der Waals surface area contributed by atoms with Gasteiger partial charge in [-0.3, -0.25) is 4.79 Å². The van der Waals surface area contributed by atoms with E-state index >= 15 is 0 Å². The average Bonchev–Trinajstić information content (AvgIpc) is 3.26. The lowest BCUT2D eigenvalue weighted by Gasteiger charge is -2.15. The number of benzene rings is 3. The molecule has 1 atom stereocenters. The number of fused-ring (bicyclic) bond motifs is 1. The number of carbonyl (C=O) groups excluding carboxylic acids is 1. The van der Waals surface area contributed by atoms with Crippen LogP contribution in [-0.4, -0.2) is 36.8 Å². The van der Waals surface area contributed by atoms with Crippen LogP contribution in [0.15, 0.2) is 71.6 Å². The smallest absolute Gasteiger partial charge is 0.395 e. The molecule has 1 heterocycles. The molecule has 0 saturated carbocycles. The lowest BCUT2D eigenvalue weighted by atomic mass is 9.99. The molecule has 194 valence electrons. The van der Waals surface area contributed by atoms with E-state index in [2.05, 4.69) is 10.3 Å². The number of thiazole rings is 1. The van der Waals surface area contributed by atoms with Gasteiger partial charge in [-0.1, -0.05) is 37.3 Å².